The fourth-order valence-electron chi connectivity index (χ4n) is 0.961. The van der Waals surface area contributed by atoms with Crippen LogP contribution >= 0.6 is 0 Å². The molecule has 11 heavy (non-hydrogen) atoms. The van der Waals surface area contributed by atoms with Crippen LogP contribution in [0.15, 0.2) is 12.7 Å². The minimum absolute atomic E-state index is 0.185. The van der Waals surface area contributed by atoms with E-state index in [2.05, 4.69) is 11.9 Å². The van der Waals surface area contributed by atoms with E-state index in [1.807, 2.05) is 0 Å². The third-order valence-electron chi connectivity index (χ3n) is 1.53. The highest BCUT2D eigenvalue weighted by atomic mass is 16.2. The van der Waals surface area contributed by atoms with E-state index < -0.39 is 0 Å². The smallest absolute Gasteiger partial charge is 0.325 e. The number of hydrogen-bond donors (Lipinski definition) is 1. The first-order valence-electron chi connectivity index (χ1n) is 3.39. The molecule has 3 amide bonds. The summed E-state index contributed by atoms with van der Waals surface area (Å²) in [5.74, 6) is -0.185. The summed E-state index contributed by atoms with van der Waals surface area (Å²) in [4.78, 5) is 23.2. The molecule has 0 aromatic carbocycles. The highest BCUT2D eigenvalue weighted by Gasteiger charge is 2.33. The lowest BCUT2D eigenvalue weighted by atomic mass is 10.3. The number of carbonyl (C=O) groups is 2. The Balaban J connectivity index is 2.71. The average molecular weight is 154 g/mol. The second-order valence-electron chi connectivity index (χ2n) is 2.41. The van der Waals surface area contributed by atoms with Gasteiger partial charge in [0.05, 0.1) is 0 Å². The van der Waals surface area contributed by atoms with Gasteiger partial charge in [-0.15, -0.1) is 6.58 Å². The van der Waals surface area contributed by atoms with Gasteiger partial charge in [0.2, 0.25) is 0 Å². The Hall–Kier alpha value is -1.32. The zero-order chi connectivity index (χ0) is 8.43. The molecule has 1 rings (SSSR count). The van der Waals surface area contributed by atoms with Crippen molar-refractivity contribution < 1.29 is 9.59 Å². The maximum atomic E-state index is 11.1. The highest BCUT2D eigenvalue weighted by Crippen LogP contribution is 2.04. The lowest BCUT2D eigenvalue weighted by Crippen LogP contribution is -2.31. The standard InChI is InChI=1S/C7H10N2O2/c1-3-4-9-6(10)5(2)8-7(9)11/h3,5H,1,4H2,2H3,(H,8,11). The van der Waals surface area contributed by atoms with Gasteiger partial charge in [-0.2, -0.15) is 0 Å². The number of imide groups is 1. The summed E-state index contributed by atoms with van der Waals surface area (Å²) in [6.07, 6.45) is 1.52. The van der Waals surface area contributed by atoms with Gasteiger partial charge in [-0.1, -0.05) is 6.08 Å². The van der Waals surface area contributed by atoms with Crippen molar-refractivity contribution in [3.8, 4) is 0 Å². The van der Waals surface area contributed by atoms with Gasteiger partial charge in [0.15, 0.2) is 0 Å². The largest absolute Gasteiger partial charge is 0.326 e. The van der Waals surface area contributed by atoms with Gasteiger partial charge in [-0.3, -0.25) is 9.69 Å². The van der Waals surface area contributed by atoms with Crippen LogP contribution in [0.4, 0.5) is 4.79 Å². The molecule has 0 aromatic heterocycles. The summed E-state index contributed by atoms with van der Waals surface area (Å²) in [5.41, 5.74) is 0. The van der Waals surface area contributed by atoms with Crippen LogP contribution in [0.5, 0.6) is 0 Å². The van der Waals surface area contributed by atoms with E-state index in [1.54, 1.807) is 6.92 Å². The SMILES string of the molecule is C=CCN1C(=O)NC(C)C1=O. The Bertz CT molecular complexity index is 212. The third kappa shape index (κ3) is 1.24. The second-order valence-corrected chi connectivity index (χ2v) is 2.41. The van der Waals surface area contributed by atoms with Gasteiger partial charge in [0.1, 0.15) is 6.04 Å². The number of urea groups is 1. The van der Waals surface area contributed by atoms with Crippen LogP contribution in [0.25, 0.3) is 0 Å². The lowest BCUT2D eigenvalue weighted by molar-refractivity contribution is -0.126. The zero-order valence-electron chi connectivity index (χ0n) is 6.33. The second kappa shape index (κ2) is 2.74. The minimum atomic E-state index is -0.387. The fourth-order valence-corrected chi connectivity index (χ4v) is 0.961. The Morgan fingerprint density at radius 1 is 1.73 bits per heavy atom. The topological polar surface area (TPSA) is 49.4 Å². The van der Waals surface area contributed by atoms with Crippen molar-refractivity contribution in [1.82, 2.24) is 10.2 Å². The quantitative estimate of drug-likeness (QED) is 0.453. The first-order valence-corrected chi connectivity index (χ1v) is 3.39. The molecular weight excluding hydrogens is 144 g/mol. The zero-order valence-corrected chi connectivity index (χ0v) is 6.33. The van der Waals surface area contributed by atoms with Crippen molar-refractivity contribution in [2.75, 3.05) is 6.54 Å². The Morgan fingerprint density at radius 2 is 2.36 bits per heavy atom. The Labute approximate surface area is 64.9 Å². The van der Waals surface area contributed by atoms with Gasteiger partial charge in [0, 0.05) is 6.54 Å². The molecule has 0 aromatic rings. The molecule has 1 aliphatic heterocycles. The van der Waals surface area contributed by atoms with Crippen LogP contribution in [-0.2, 0) is 4.79 Å². The van der Waals surface area contributed by atoms with Gasteiger partial charge in [-0.05, 0) is 6.92 Å². The van der Waals surface area contributed by atoms with E-state index in [-0.39, 0.29) is 24.5 Å². The van der Waals surface area contributed by atoms with Crippen LogP contribution in [-0.4, -0.2) is 29.4 Å². The number of carbonyl (C=O) groups excluding carboxylic acids is 2. The maximum Gasteiger partial charge on any atom is 0.325 e. The molecule has 4 nitrogen and oxygen atoms in total. The minimum Gasteiger partial charge on any atom is -0.326 e. The van der Waals surface area contributed by atoms with E-state index >= 15 is 0 Å². The predicted octanol–water partition coefficient (Wildman–Crippen LogP) is 0.113. The first-order chi connectivity index (χ1) is 5.16. The summed E-state index contributed by atoms with van der Waals surface area (Å²) in [6.45, 7) is 5.39. The molecule has 60 valence electrons. The molecule has 1 atom stereocenters. The predicted molar refractivity (Wildman–Crippen MR) is 39.9 cm³/mol. The monoisotopic (exact) mass is 154 g/mol. The van der Waals surface area contributed by atoms with Crippen molar-refractivity contribution in [3.05, 3.63) is 12.7 Å². The summed E-state index contributed by atoms with van der Waals surface area (Å²) in [7, 11) is 0. The van der Waals surface area contributed by atoms with E-state index in [9.17, 15) is 9.59 Å². The van der Waals surface area contributed by atoms with E-state index in [1.165, 1.54) is 6.08 Å². The molecule has 1 N–H and O–H groups in total. The first kappa shape index (κ1) is 7.78. The van der Waals surface area contributed by atoms with Gasteiger partial charge < -0.3 is 5.32 Å². The summed E-state index contributed by atoms with van der Waals surface area (Å²) >= 11 is 0. The van der Waals surface area contributed by atoms with Gasteiger partial charge in [0.25, 0.3) is 5.91 Å². The molecule has 0 spiro atoms. The molecule has 1 aliphatic rings. The summed E-state index contributed by atoms with van der Waals surface area (Å²) in [5, 5.41) is 2.49. The number of amides is 3. The van der Waals surface area contributed by atoms with Crippen LogP contribution in [0.3, 0.4) is 0 Å². The van der Waals surface area contributed by atoms with Crippen molar-refractivity contribution in [1.29, 1.82) is 0 Å². The van der Waals surface area contributed by atoms with Crippen LogP contribution in [0.1, 0.15) is 6.92 Å². The van der Waals surface area contributed by atoms with Crippen LogP contribution in [0, 0.1) is 0 Å². The van der Waals surface area contributed by atoms with Gasteiger partial charge in [-0.25, -0.2) is 4.79 Å². The molecule has 0 radical (unpaired) electrons. The molecule has 1 unspecified atom stereocenters. The van der Waals surface area contributed by atoms with E-state index in [0.29, 0.717) is 0 Å². The molecule has 1 fully saturated rings. The molecule has 0 bridgehead atoms. The van der Waals surface area contributed by atoms with E-state index in [0.717, 1.165) is 4.90 Å². The van der Waals surface area contributed by atoms with Crippen molar-refractivity contribution in [3.63, 3.8) is 0 Å². The number of rotatable bonds is 2. The molecule has 0 aliphatic carbocycles. The highest BCUT2D eigenvalue weighted by molar-refractivity contribution is 6.04. The number of hydrogen-bond acceptors (Lipinski definition) is 2. The molecule has 4 heteroatoms. The third-order valence-corrected chi connectivity index (χ3v) is 1.53. The Morgan fingerprint density at radius 3 is 2.73 bits per heavy atom. The van der Waals surface area contributed by atoms with Gasteiger partial charge >= 0.3 is 6.03 Å². The van der Waals surface area contributed by atoms with Crippen molar-refractivity contribution in [2.24, 2.45) is 0 Å². The normalized spacial score (nSPS) is 23.7. The molecular formula is C7H10N2O2. The maximum absolute atomic E-state index is 11.1. The molecule has 1 saturated heterocycles. The average Bonchev–Trinajstić information content (AvgIpc) is 2.17. The van der Waals surface area contributed by atoms with Crippen molar-refractivity contribution in [2.45, 2.75) is 13.0 Å². The molecule has 1 heterocycles. The summed E-state index contributed by atoms with van der Waals surface area (Å²) in [6, 6.07) is -0.718. The molecule has 0 saturated carbocycles. The number of nitrogens with one attached hydrogen (secondary N) is 1. The summed E-state index contributed by atoms with van der Waals surface area (Å²) < 4.78 is 0. The Kier molecular flexibility index (Phi) is 1.94. The van der Waals surface area contributed by atoms with Crippen LogP contribution in [0.2, 0.25) is 0 Å². The lowest BCUT2D eigenvalue weighted by Gasteiger charge is -2.07. The number of nitrogens with zero attached hydrogens (tertiary/aromatic N) is 1. The fraction of sp³-hybridized carbons (Fsp3) is 0.429. The van der Waals surface area contributed by atoms with Crippen molar-refractivity contribution >= 4 is 11.9 Å². The van der Waals surface area contributed by atoms with E-state index in [4.69, 9.17) is 0 Å². The van der Waals surface area contributed by atoms with Crippen LogP contribution < -0.4 is 5.32 Å².